The SMILES string of the molecule is CNC(=O)c1sc2nc(C3CCCN3C)ccc2c1N. The Morgan fingerprint density at radius 3 is 3.00 bits per heavy atom. The number of anilines is 1. The lowest BCUT2D eigenvalue weighted by Crippen LogP contribution is -2.18. The Labute approximate surface area is 121 Å². The molecule has 3 rings (SSSR count). The normalized spacial score (nSPS) is 19.6. The fourth-order valence-corrected chi connectivity index (χ4v) is 3.81. The van der Waals surface area contributed by atoms with Gasteiger partial charge in [0.2, 0.25) is 0 Å². The smallest absolute Gasteiger partial charge is 0.263 e. The number of rotatable bonds is 2. The standard InChI is InChI=1S/C14H18N4OS/c1-16-13(19)12-11(15)8-5-6-9(17-14(8)20-12)10-4-3-7-18(10)2/h5-6,10H,3-4,7,15H2,1-2H3,(H,16,19). The Morgan fingerprint density at radius 1 is 1.55 bits per heavy atom. The van der Waals surface area contributed by atoms with E-state index in [-0.39, 0.29) is 5.91 Å². The lowest BCUT2D eigenvalue weighted by Gasteiger charge is -2.18. The number of carbonyl (C=O) groups is 1. The van der Waals surface area contributed by atoms with Gasteiger partial charge in [0.05, 0.1) is 17.4 Å². The summed E-state index contributed by atoms with van der Waals surface area (Å²) in [5.41, 5.74) is 7.65. The van der Waals surface area contributed by atoms with E-state index >= 15 is 0 Å². The van der Waals surface area contributed by atoms with Gasteiger partial charge < -0.3 is 11.1 Å². The maximum absolute atomic E-state index is 11.8. The van der Waals surface area contributed by atoms with E-state index in [1.165, 1.54) is 17.8 Å². The number of nitrogen functional groups attached to an aromatic ring is 1. The molecule has 106 valence electrons. The van der Waals surface area contributed by atoms with Crippen LogP contribution in [0.1, 0.15) is 34.2 Å². The highest BCUT2D eigenvalue weighted by Crippen LogP contribution is 2.35. The monoisotopic (exact) mass is 290 g/mol. The van der Waals surface area contributed by atoms with Crippen molar-refractivity contribution in [1.82, 2.24) is 15.2 Å². The van der Waals surface area contributed by atoms with Gasteiger partial charge in [-0.3, -0.25) is 9.69 Å². The summed E-state index contributed by atoms with van der Waals surface area (Å²) in [5, 5.41) is 3.49. The van der Waals surface area contributed by atoms with Crippen LogP contribution in [0.15, 0.2) is 12.1 Å². The molecule has 0 spiro atoms. The molecule has 2 aromatic rings. The molecule has 1 amide bonds. The molecule has 20 heavy (non-hydrogen) atoms. The fourth-order valence-electron chi connectivity index (χ4n) is 2.76. The molecule has 3 N–H and O–H groups in total. The number of nitrogens with zero attached hydrogens (tertiary/aromatic N) is 2. The van der Waals surface area contributed by atoms with Crippen LogP contribution in [-0.4, -0.2) is 36.4 Å². The molecule has 1 aliphatic heterocycles. The molecule has 1 fully saturated rings. The van der Waals surface area contributed by atoms with Crippen LogP contribution in [0.2, 0.25) is 0 Å². The van der Waals surface area contributed by atoms with E-state index in [0.29, 0.717) is 16.6 Å². The first-order chi connectivity index (χ1) is 9.61. The topological polar surface area (TPSA) is 71.2 Å². The summed E-state index contributed by atoms with van der Waals surface area (Å²) in [7, 11) is 3.74. The Kier molecular flexibility index (Phi) is 3.35. The van der Waals surface area contributed by atoms with Crippen molar-refractivity contribution in [2.24, 2.45) is 0 Å². The summed E-state index contributed by atoms with van der Waals surface area (Å²) in [4.78, 5) is 20.2. The molecule has 0 aromatic carbocycles. The van der Waals surface area contributed by atoms with Gasteiger partial charge in [0.1, 0.15) is 9.71 Å². The predicted molar refractivity (Wildman–Crippen MR) is 82.0 cm³/mol. The van der Waals surface area contributed by atoms with Gasteiger partial charge in [-0.15, -0.1) is 11.3 Å². The number of nitrogens with two attached hydrogens (primary N) is 1. The second kappa shape index (κ2) is 5.03. The van der Waals surface area contributed by atoms with Gasteiger partial charge >= 0.3 is 0 Å². The summed E-state index contributed by atoms with van der Waals surface area (Å²) in [6.45, 7) is 1.11. The number of thiophene rings is 1. The van der Waals surface area contributed by atoms with E-state index in [4.69, 9.17) is 10.7 Å². The van der Waals surface area contributed by atoms with Crippen LogP contribution < -0.4 is 11.1 Å². The van der Waals surface area contributed by atoms with Gasteiger partial charge in [0, 0.05) is 12.4 Å². The van der Waals surface area contributed by atoms with Gasteiger partial charge in [-0.05, 0) is 38.6 Å². The fraction of sp³-hybridized carbons (Fsp3) is 0.429. The number of likely N-dealkylation sites (tertiary alicyclic amines) is 1. The number of fused-ring (bicyclic) bond motifs is 1. The van der Waals surface area contributed by atoms with Gasteiger partial charge in [0.25, 0.3) is 5.91 Å². The maximum atomic E-state index is 11.8. The number of pyridine rings is 1. The van der Waals surface area contributed by atoms with Crippen molar-refractivity contribution in [3.8, 4) is 0 Å². The van der Waals surface area contributed by atoms with Crippen LogP contribution >= 0.6 is 11.3 Å². The lowest BCUT2D eigenvalue weighted by atomic mass is 10.1. The third kappa shape index (κ3) is 2.05. The summed E-state index contributed by atoms with van der Waals surface area (Å²) in [6.07, 6.45) is 2.34. The quantitative estimate of drug-likeness (QED) is 0.887. The number of nitrogens with one attached hydrogen (secondary N) is 1. The minimum atomic E-state index is -0.148. The molecular formula is C14H18N4OS. The average Bonchev–Trinajstić information content (AvgIpc) is 3.02. The van der Waals surface area contributed by atoms with Gasteiger partial charge in [0.15, 0.2) is 0 Å². The highest BCUT2D eigenvalue weighted by molar-refractivity contribution is 7.21. The number of amides is 1. The molecule has 1 aliphatic rings. The number of carbonyl (C=O) groups excluding carboxylic acids is 1. The predicted octanol–water partition coefficient (Wildman–Crippen LogP) is 2.00. The third-order valence-electron chi connectivity index (χ3n) is 3.91. The highest BCUT2D eigenvalue weighted by atomic mass is 32.1. The molecular weight excluding hydrogens is 272 g/mol. The molecule has 0 saturated carbocycles. The van der Waals surface area contributed by atoms with Gasteiger partial charge in [-0.2, -0.15) is 0 Å². The van der Waals surface area contributed by atoms with Crippen LogP contribution in [0.25, 0.3) is 10.2 Å². The zero-order valence-electron chi connectivity index (χ0n) is 11.6. The van der Waals surface area contributed by atoms with Crippen LogP contribution in [-0.2, 0) is 0 Å². The van der Waals surface area contributed by atoms with Crippen LogP contribution in [0.4, 0.5) is 5.69 Å². The van der Waals surface area contributed by atoms with E-state index in [1.807, 2.05) is 12.1 Å². The Bertz CT molecular complexity index is 666. The van der Waals surface area contributed by atoms with Crippen molar-refractivity contribution >= 4 is 33.1 Å². The van der Waals surface area contributed by atoms with Crippen molar-refractivity contribution < 1.29 is 4.79 Å². The number of aromatic nitrogens is 1. The molecule has 0 bridgehead atoms. The largest absolute Gasteiger partial charge is 0.397 e. The minimum Gasteiger partial charge on any atom is -0.397 e. The summed E-state index contributed by atoms with van der Waals surface area (Å²) >= 11 is 1.36. The minimum absolute atomic E-state index is 0.148. The first-order valence-corrected chi connectivity index (χ1v) is 7.54. The maximum Gasteiger partial charge on any atom is 0.263 e. The summed E-state index contributed by atoms with van der Waals surface area (Å²) in [5.74, 6) is -0.148. The van der Waals surface area contributed by atoms with E-state index < -0.39 is 0 Å². The van der Waals surface area contributed by atoms with Crippen molar-refractivity contribution in [3.05, 3.63) is 22.7 Å². The van der Waals surface area contributed by atoms with Gasteiger partial charge in [-0.25, -0.2) is 4.98 Å². The van der Waals surface area contributed by atoms with Crippen LogP contribution in [0.3, 0.4) is 0 Å². The van der Waals surface area contributed by atoms with Crippen molar-refractivity contribution in [2.75, 3.05) is 26.4 Å². The molecule has 2 aromatic heterocycles. The molecule has 1 atom stereocenters. The van der Waals surface area contributed by atoms with Crippen LogP contribution in [0, 0.1) is 0 Å². The van der Waals surface area contributed by atoms with Crippen molar-refractivity contribution in [3.63, 3.8) is 0 Å². The van der Waals surface area contributed by atoms with Crippen LogP contribution in [0.5, 0.6) is 0 Å². The summed E-state index contributed by atoms with van der Waals surface area (Å²) in [6, 6.07) is 4.40. The molecule has 1 saturated heterocycles. The Balaban J connectivity index is 2.05. The third-order valence-corrected chi connectivity index (χ3v) is 5.02. The molecule has 3 heterocycles. The number of hydrogen-bond acceptors (Lipinski definition) is 5. The summed E-state index contributed by atoms with van der Waals surface area (Å²) < 4.78 is 0. The number of hydrogen-bond donors (Lipinski definition) is 2. The second-order valence-electron chi connectivity index (χ2n) is 5.15. The first-order valence-electron chi connectivity index (χ1n) is 6.73. The van der Waals surface area contributed by atoms with Crippen molar-refractivity contribution in [1.29, 1.82) is 0 Å². The highest BCUT2D eigenvalue weighted by Gasteiger charge is 2.25. The molecule has 1 unspecified atom stereocenters. The van der Waals surface area contributed by atoms with Crippen molar-refractivity contribution in [2.45, 2.75) is 18.9 Å². The zero-order valence-corrected chi connectivity index (χ0v) is 12.5. The average molecular weight is 290 g/mol. The van der Waals surface area contributed by atoms with Gasteiger partial charge in [-0.1, -0.05) is 0 Å². The van der Waals surface area contributed by atoms with E-state index in [0.717, 1.165) is 28.9 Å². The lowest BCUT2D eigenvalue weighted by molar-refractivity contribution is 0.0968. The molecule has 6 heteroatoms. The Hall–Kier alpha value is -1.66. The first kappa shape index (κ1) is 13.3. The van der Waals surface area contributed by atoms with E-state index in [1.54, 1.807) is 7.05 Å². The zero-order chi connectivity index (χ0) is 14.3. The Morgan fingerprint density at radius 2 is 2.35 bits per heavy atom. The molecule has 5 nitrogen and oxygen atoms in total. The molecule has 0 radical (unpaired) electrons. The van der Waals surface area contributed by atoms with E-state index in [9.17, 15) is 4.79 Å². The second-order valence-corrected chi connectivity index (χ2v) is 6.15. The van der Waals surface area contributed by atoms with E-state index in [2.05, 4.69) is 17.3 Å². The molecule has 0 aliphatic carbocycles.